The molecular weight excluding hydrogens is 212 g/mol. The first-order chi connectivity index (χ1) is 7.34. The van der Waals surface area contributed by atoms with Crippen molar-refractivity contribution in [2.45, 2.75) is 31.6 Å². The van der Waals surface area contributed by atoms with Gasteiger partial charge in [-0.1, -0.05) is 12.8 Å². The lowest BCUT2D eigenvalue weighted by Crippen LogP contribution is -2.03. The quantitative estimate of drug-likeness (QED) is 0.744. The molecule has 3 rings (SSSR count). The van der Waals surface area contributed by atoms with Gasteiger partial charge in [-0.3, -0.25) is 0 Å². The number of halogens is 1. The fourth-order valence-electron chi connectivity index (χ4n) is 2.26. The van der Waals surface area contributed by atoms with E-state index in [1.54, 1.807) is 6.20 Å². The van der Waals surface area contributed by atoms with E-state index in [1.807, 2.05) is 10.7 Å². The molecule has 2 heterocycles. The van der Waals surface area contributed by atoms with E-state index >= 15 is 0 Å². The van der Waals surface area contributed by atoms with E-state index in [0.717, 1.165) is 11.3 Å². The molecule has 0 aliphatic heterocycles. The second kappa shape index (κ2) is 3.45. The third-order valence-corrected chi connectivity index (χ3v) is 3.17. The van der Waals surface area contributed by atoms with Crippen molar-refractivity contribution >= 4 is 17.1 Å². The molecule has 15 heavy (non-hydrogen) atoms. The molecule has 0 N–H and O–H groups in total. The zero-order chi connectivity index (χ0) is 10.3. The Morgan fingerprint density at radius 2 is 1.93 bits per heavy atom. The van der Waals surface area contributed by atoms with Gasteiger partial charge in [-0.05, 0) is 24.4 Å². The highest BCUT2D eigenvalue weighted by Crippen LogP contribution is 2.33. The summed E-state index contributed by atoms with van der Waals surface area (Å²) >= 11 is 5.78. The predicted octanol–water partition coefficient (Wildman–Crippen LogP) is 2.44. The van der Waals surface area contributed by atoms with E-state index in [-0.39, 0.29) is 5.28 Å². The summed E-state index contributed by atoms with van der Waals surface area (Å²) in [5.41, 5.74) is 0.918. The third kappa shape index (κ3) is 1.49. The number of aromatic nitrogens is 4. The van der Waals surface area contributed by atoms with Crippen molar-refractivity contribution in [2.75, 3.05) is 0 Å². The maximum atomic E-state index is 5.78. The van der Waals surface area contributed by atoms with Crippen LogP contribution in [0.15, 0.2) is 12.4 Å². The van der Waals surface area contributed by atoms with Crippen molar-refractivity contribution in [3.63, 3.8) is 0 Å². The van der Waals surface area contributed by atoms with E-state index < -0.39 is 0 Å². The molecule has 0 spiro atoms. The lowest BCUT2D eigenvalue weighted by atomic mass is 10.1. The second-order valence-electron chi connectivity index (χ2n) is 3.96. The molecule has 1 aliphatic carbocycles. The molecule has 5 heteroatoms. The zero-order valence-electron chi connectivity index (χ0n) is 8.23. The van der Waals surface area contributed by atoms with E-state index in [0.29, 0.717) is 5.92 Å². The summed E-state index contributed by atoms with van der Waals surface area (Å²) in [4.78, 5) is 8.36. The molecule has 1 aliphatic rings. The highest BCUT2D eigenvalue weighted by molar-refractivity contribution is 6.28. The summed E-state index contributed by atoms with van der Waals surface area (Å²) in [6.45, 7) is 0. The minimum absolute atomic E-state index is 0.278. The van der Waals surface area contributed by atoms with Gasteiger partial charge in [-0.15, -0.1) is 5.10 Å². The van der Waals surface area contributed by atoms with Gasteiger partial charge < -0.3 is 0 Å². The van der Waals surface area contributed by atoms with E-state index in [9.17, 15) is 0 Å². The van der Waals surface area contributed by atoms with Crippen LogP contribution in [-0.2, 0) is 0 Å². The van der Waals surface area contributed by atoms with Crippen LogP contribution in [0.25, 0.3) is 5.52 Å². The monoisotopic (exact) mass is 222 g/mol. The first-order valence-electron chi connectivity index (χ1n) is 5.21. The van der Waals surface area contributed by atoms with Crippen LogP contribution in [0.4, 0.5) is 0 Å². The van der Waals surface area contributed by atoms with Gasteiger partial charge in [0.05, 0.1) is 12.4 Å². The molecule has 0 bridgehead atoms. The van der Waals surface area contributed by atoms with Crippen molar-refractivity contribution in [1.29, 1.82) is 0 Å². The fraction of sp³-hybridized carbons (Fsp3) is 0.500. The van der Waals surface area contributed by atoms with Crippen molar-refractivity contribution in [3.8, 4) is 0 Å². The lowest BCUT2D eigenvalue weighted by molar-refractivity contribution is 0.640. The van der Waals surface area contributed by atoms with Gasteiger partial charge in [0.15, 0.2) is 0 Å². The molecule has 0 atom stereocenters. The number of imidazole rings is 1. The van der Waals surface area contributed by atoms with Crippen molar-refractivity contribution in [3.05, 3.63) is 23.5 Å². The lowest BCUT2D eigenvalue weighted by Gasteiger charge is -2.06. The molecule has 2 aromatic rings. The third-order valence-electron chi connectivity index (χ3n) is 3.00. The molecular formula is C10H11ClN4. The van der Waals surface area contributed by atoms with Crippen molar-refractivity contribution in [2.24, 2.45) is 0 Å². The summed E-state index contributed by atoms with van der Waals surface area (Å²) in [5.74, 6) is 1.57. The topological polar surface area (TPSA) is 43.1 Å². The van der Waals surface area contributed by atoms with Gasteiger partial charge in [-0.2, -0.15) is 0 Å². The molecule has 1 saturated carbocycles. The van der Waals surface area contributed by atoms with E-state index in [2.05, 4.69) is 15.1 Å². The van der Waals surface area contributed by atoms with E-state index in [1.165, 1.54) is 25.7 Å². The molecule has 4 nitrogen and oxygen atoms in total. The average molecular weight is 223 g/mol. The first-order valence-corrected chi connectivity index (χ1v) is 5.58. The van der Waals surface area contributed by atoms with Gasteiger partial charge in [0.1, 0.15) is 11.3 Å². The Balaban J connectivity index is 2.13. The van der Waals surface area contributed by atoms with Crippen LogP contribution in [0.1, 0.15) is 37.4 Å². The molecule has 0 radical (unpaired) electrons. The smallest absolute Gasteiger partial charge is 0.239 e. The minimum Gasteiger partial charge on any atom is -0.239 e. The zero-order valence-corrected chi connectivity index (χ0v) is 8.98. The van der Waals surface area contributed by atoms with Crippen LogP contribution in [-0.4, -0.2) is 19.6 Å². The number of fused-ring (bicyclic) bond motifs is 1. The predicted molar refractivity (Wildman–Crippen MR) is 57.0 cm³/mol. The van der Waals surface area contributed by atoms with Crippen LogP contribution < -0.4 is 0 Å². The summed E-state index contributed by atoms with van der Waals surface area (Å²) in [5, 5.41) is 4.47. The molecule has 2 aromatic heterocycles. The molecule has 0 unspecified atom stereocenters. The van der Waals surface area contributed by atoms with Crippen LogP contribution in [0.3, 0.4) is 0 Å². The van der Waals surface area contributed by atoms with Gasteiger partial charge in [-0.25, -0.2) is 14.5 Å². The van der Waals surface area contributed by atoms with Crippen LogP contribution in [0.5, 0.6) is 0 Å². The minimum atomic E-state index is 0.278. The first kappa shape index (κ1) is 9.09. The Hall–Kier alpha value is -1.16. The number of rotatable bonds is 1. The average Bonchev–Trinajstić information content (AvgIpc) is 2.83. The Morgan fingerprint density at radius 3 is 2.73 bits per heavy atom. The highest BCUT2D eigenvalue weighted by Gasteiger charge is 2.21. The Labute approximate surface area is 92.3 Å². The highest BCUT2D eigenvalue weighted by atomic mass is 35.5. The normalized spacial score (nSPS) is 17.7. The molecule has 0 amide bonds. The summed E-state index contributed by atoms with van der Waals surface area (Å²) < 4.78 is 1.82. The van der Waals surface area contributed by atoms with E-state index in [4.69, 9.17) is 11.6 Å². The Bertz CT molecular complexity index is 487. The maximum absolute atomic E-state index is 5.78. The number of hydrogen-bond donors (Lipinski definition) is 0. The molecule has 0 aromatic carbocycles. The molecule has 0 saturated heterocycles. The largest absolute Gasteiger partial charge is 0.241 e. The standard InChI is InChI=1S/C10H11ClN4/c11-10-13-6-8-5-12-9(15(8)14-10)7-3-1-2-4-7/h5-7H,1-4H2. The SMILES string of the molecule is Clc1ncc2cnc(C3CCCC3)n2n1. The van der Waals surface area contributed by atoms with Gasteiger partial charge in [0.2, 0.25) is 5.28 Å². The summed E-state index contributed by atoms with van der Waals surface area (Å²) in [6.07, 6.45) is 8.52. The van der Waals surface area contributed by atoms with Crippen LogP contribution in [0.2, 0.25) is 5.28 Å². The Morgan fingerprint density at radius 1 is 1.20 bits per heavy atom. The Kier molecular flexibility index (Phi) is 2.09. The molecule has 78 valence electrons. The van der Waals surface area contributed by atoms with Crippen LogP contribution in [0, 0.1) is 0 Å². The van der Waals surface area contributed by atoms with Gasteiger partial charge >= 0.3 is 0 Å². The van der Waals surface area contributed by atoms with Gasteiger partial charge in [0.25, 0.3) is 0 Å². The summed E-state index contributed by atoms with van der Waals surface area (Å²) in [7, 11) is 0. The number of hydrogen-bond acceptors (Lipinski definition) is 3. The second-order valence-corrected chi connectivity index (χ2v) is 4.30. The van der Waals surface area contributed by atoms with Gasteiger partial charge in [0, 0.05) is 5.92 Å². The molecule has 1 fully saturated rings. The van der Waals surface area contributed by atoms with Crippen molar-refractivity contribution in [1.82, 2.24) is 19.6 Å². The van der Waals surface area contributed by atoms with Crippen molar-refractivity contribution < 1.29 is 0 Å². The number of nitrogens with zero attached hydrogens (tertiary/aromatic N) is 4. The van der Waals surface area contributed by atoms with Crippen LogP contribution >= 0.6 is 11.6 Å². The fourth-order valence-corrected chi connectivity index (χ4v) is 2.39. The summed E-state index contributed by atoms with van der Waals surface area (Å²) in [6, 6.07) is 0. The maximum Gasteiger partial charge on any atom is 0.241 e.